The molecular formula is C27H28Cl2N6O2. The summed E-state index contributed by atoms with van der Waals surface area (Å²) in [5.74, 6) is 1.30. The molecule has 192 valence electrons. The van der Waals surface area contributed by atoms with Gasteiger partial charge in [-0.25, -0.2) is 19.7 Å². The standard InChI is InChI=1S/C27H28Cl2N6O2/c1-27(2,3)37-26(36)34-14-12-18(13-15-34)32-23-22-25(31-16-30-23)35(19-10-8-17(28)9-11-19)24(33-22)20-6-4-5-7-21(20)29/h4-11,16,18H,12-15H2,1-3H3,(H,30,31,32). The molecule has 0 aliphatic carbocycles. The summed E-state index contributed by atoms with van der Waals surface area (Å²) >= 11 is 12.7. The van der Waals surface area contributed by atoms with Crippen molar-refractivity contribution in [2.24, 2.45) is 0 Å². The van der Waals surface area contributed by atoms with E-state index in [1.807, 2.05) is 73.9 Å². The highest BCUT2D eigenvalue weighted by molar-refractivity contribution is 6.33. The van der Waals surface area contributed by atoms with E-state index in [1.54, 1.807) is 4.90 Å². The van der Waals surface area contributed by atoms with Gasteiger partial charge in [0, 0.05) is 35.4 Å². The van der Waals surface area contributed by atoms with Gasteiger partial charge in [0.1, 0.15) is 17.8 Å². The molecule has 1 aliphatic heterocycles. The topological polar surface area (TPSA) is 85.2 Å². The molecule has 0 saturated carbocycles. The lowest BCUT2D eigenvalue weighted by Crippen LogP contribution is -2.44. The Balaban J connectivity index is 1.46. The Labute approximate surface area is 225 Å². The normalized spacial score (nSPS) is 14.7. The van der Waals surface area contributed by atoms with Gasteiger partial charge in [-0.05, 0) is 70.0 Å². The molecule has 1 aliphatic rings. The number of halogens is 2. The van der Waals surface area contributed by atoms with Gasteiger partial charge in [0.15, 0.2) is 17.0 Å². The number of nitrogens with zero attached hydrogens (tertiary/aromatic N) is 5. The number of carbonyl (C=O) groups is 1. The van der Waals surface area contributed by atoms with Crippen LogP contribution in [-0.4, -0.2) is 55.2 Å². The molecule has 1 saturated heterocycles. The van der Waals surface area contributed by atoms with E-state index in [0.29, 0.717) is 45.9 Å². The Bertz CT molecular complexity index is 1420. The van der Waals surface area contributed by atoms with Crippen LogP contribution in [0, 0.1) is 0 Å². The second-order valence-electron chi connectivity index (χ2n) is 10.0. The van der Waals surface area contributed by atoms with Crippen molar-refractivity contribution in [3.05, 3.63) is 64.9 Å². The van der Waals surface area contributed by atoms with Gasteiger partial charge in [-0.1, -0.05) is 35.3 Å². The minimum atomic E-state index is -0.513. The average molecular weight is 539 g/mol. The summed E-state index contributed by atoms with van der Waals surface area (Å²) in [5.41, 5.74) is 2.43. The van der Waals surface area contributed by atoms with Gasteiger partial charge in [0.05, 0.1) is 5.02 Å². The van der Waals surface area contributed by atoms with E-state index in [-0.39, 0.29) is 12.1 Å². The van der Waals surface area contributed by atoms with Gasteiger partial charge in [0.25, 0.3) is 0 Å². The van der Waals surface area contributed by atoms with Crippen LogP contribution in [0.25, 0.3) is 28.2 Å². The molecule has 2 aromatic carbocycles. The van der Waals surface area contributed by atoms with Crippen molar-refractivity contribution in [3.8, 4) is 17.1 Å². The maximum atomic E-state index is 12.4. The predicted octanol–water partition coefficient (Wildman–Crippen LogP) is 6.60. The van der Waals surface area contributed by atoms with Crippen LogP contribution in [0.4, 0.5) is 10.6 Å². The van der Waals surface area contributed by atoms with Gasteiger partial charge in [-0.15, -0.1) is 0 Å². The molecule has 3 heterocycles. The summed E-state index contributed by atoms with van der Waals surface area (Å²) in [7, 11) is 0. The van der Waals surface area contributed by atoms with Crippen LogP contribution >= 0.6 is 23.2 Å². The fourth-order valence-electron chi connectivity index (χ4n) is 4.38. The molecule has 37 heavy (non-hydrogen) atoms. The quantitative estimate of drug-likeness (QED) is 0.315. The SMILES string of the molecule is CC(C)(C)OC(=O)N1CCC(Nc2ncnc3c2nc(-c2ccccc2Cl)n3-c2ccc(Cl)cc2)CC1. The fourth-order valence-corrected chi connectivity index (χ4v) is 4.73. The van der Waals surface area contributed by atoms with Crippen LogP contribution in [0.2, 0.25) is 10.0 Å². The Morgan fingerprint density at radius 1 is 1.03 bits per heavy atom. The fraction of sp³-hybridized carbons (Fsp3) is 0.333. The summed E-state index contributed by atoms with van der Waals surface area (Å²) in [4.78, 5) is 28.3. The maximum absolute atomic E-state index is 12.4. The minimum absolute atomic E-state index is 0.126. The first-order chi connectivity index (χ1) is 17.7. The molecule has 1 amide bonds. The van der Waals surface area contributed by atoms with Gasteiger partial charge >= 0.3 is 6.09 Å². The van der Waals surface area contributed by atoms with Crippen molar-refractivity contribution >= 4 is 46.3 Å². The molecule has 8 nitrogen and oxygen atoms in total. The number of rotatable bonds is 4. The number of fused-ring (bicyclic) bond motifs is 1. The molecule has 4 aromatic rings. The van der Waals surface area contributed by atoms with E-state index in [1.165, 1.54) is 6.33 Å². The number of anilines is 1. The van der Waals surface area contributed by atoms with Crippen molar-refractivity contribution in [2.45, 2.75) is 45.3 Å². The second kappa shape index (κ2) is 10.2. The Morgan fingerprint density at radius 3 is 2.41 bits per heavy atom. The highest BCUT2D eigenvalue weighted by atomic mass is 35.5. The average Bonchev–Trinajstić information content (AvgIpc) is 3.24. The number of imidazole rings is 1. The summed E-state index contributed by atoms with van der Waals surface area (Å²) < 4.78 is 7.48. The predicted molar refractivity (Wildman–Crippen MR) is 147 cm³/mol. The minimum Gasteiger partial charge on any atom is -0.444 e. The first-order valence-corrected chi connectivity index (χ1v) is 12.9. The van der Waals surface area contributed by atoms with Crippen molar-refractivity contribution in [1.82, 2.24) is 24.4 Å². The third-order valence-electron chi connectivity index (χ3n) is 6.13. The van der Waals surface area contributed by atoms with E-state index in [9.17, 15) is 4.79 Å². The molecule has 1 N–H and O–H groups in total. The third kappa shape index (κ3) is 5.50. The number of hydrogen-bond donors (Lipinski definition) is 1. The third-order valence-corrected chi connectivity index (χ3v) is 6.71. The zero-order valence-electron chi connectivity index (χ0n) is 20.9. The van der Waals surface area contributed by atoms with Crippen LogP contribution < -0.4 is 5.32 Å². The van der Waals surface area contributed by atoms with E-state index >= 15 is 0 Å². The van der Waals surface area contributed by atoms with Crippen molar-refractivity contribution in [3.63, 3.8) is 0 Å². The molecule has 10 heteroatoms. The van der Waals surface area contributed by atoms with Crippen LogP contribution in [0.1, 0.15) is 33.6 Å². The zero-order chi connectivity index (χ0) is 26.2. The van der Waals surface area contributed by atoms with E-state index < -0.39 is 5.60 Å². The zero-order valence-corrected chi connectivity index (χ0v) is 22.4. The first-order valence-electron chi connectivity index (χ1n) is 12.2. The van der Waals surface area contributed by atoms with Crippen molar-refractivity contribution in [1.29, 1.82) is 0 Å². The lowest BCUT2D eigenvalue weighted by molar-refractivity contribution is 0.0210. The Morgan fingerprint density at radius 2 is 1.73 bits per heavy atom. The number of hydrogen-bond acceptors (Lipinski definition) is 6. The summed E-state index contributed by atoms with van der Waals surface area (Å²) in [5, 5.41) is 4.77. The number of carbonyl (C=O) groups excluding carboxylic acids is 1. The molecule has 2 aromatic heterocycles. The van der Waals surface area contributed by atoms with E-state index in [2.05, 4.69) is 15.3 Å². The highest BCUT2D eigenvalue weighted by Gasteiger charge is 2.28. The lowest BCUT2D eigenvalue weighted by Gasteiger charge is -2.33. The van der Waals surface area contributed by atoms with Gasteiger partial charge < -0.3 is 15.0 Å². The highest BCUT2D eigenvalue weighted by Crippen LogP contribution is 2.34. The number of likely N-dealkylation sites (tertiary alicyclic amines) is 1. The summed E-state index contributed by atoms with van der Waals surface area (Å²) in [6, 6.07) is 15.2. The molecule has 1 fully saturated rings. The number of piperidine rings is 1. The number of benzene rings is 2. The molecule has 0 radical (unpaired) electrons. The van der Waals surface area contributed by atoms with Crippen LogP contribution in [-0.2, 0) is 4.74 Å². The van der Waals surface area contributed by atoms with Crippen LogP contribution in [0.15, 0.2) is 54.9 Å². The smallest absolute Gasteiger partial charge is 0.410 e. The number of ether oxygens (including phenoxy) is 1. The molecule has 5 rings (SSSR count). The van der Waals surface area contributed by atoms with Crippen LogP contribution in [0.5, 0.6) is 0 Å². The van der Waals surface area contributed by atoms with Gasteiger partial charge in [0.2, 0.25) is 0 Å². The lowest BCUT2D eigenvalue weighted by atomic mass is 10.1. The van der Waals surface area contributed by atoms with E-state index in [4.69, 9.17) is 32.9 Å². The van der Waals surface area contributed by atoms with Crippen molar-refractivity contribution < 1.29 is 9.53 Å². The van der Waals surface area contributed by atoms with Gasteiger partial charge in [-0.2, -0.15) is 0 Å². The maximum Gasteiger partial charge on any atom is 0.410 e. The largest absolute Gasteiger partial charge is 0.444 e. The molecular weight excluding hydrogens is 511 g/mol. The van der Waals surface area contributed by atoms with Crippen LogP contribution in [0.3, 0.4) is 0 Å². The molecule has 0 spiro atoms. The Hall–Kier alpha value is -3.36. The van der Waals surface area contributed by atoms with E-state index in [0.717, 1.165) is 24.1 Å². The summed E-state index contributed by atoms with van der Waals surface area (Å²) in [6.07, 6.45) is 2.78. The second-order valence-corrected chi connectivity index (χ2v) is 10.9. The Kier molecular flexibility index (Phi) is 6.96. The van der Waals surface area contributed by atoms with Gasteiger partial charge in [-0.3, -0.25) is 4.57 Å². The van der Waals surface area contributed by atoms with Crippen molar-refractivity contribution in [2.75, 3.05) is 18.4 Å². The molecule has 0 atom stereocenters. The number of amides is 1. The number of aromatic nitrogens is 4. The summed E-state index contributed by atoms with van der Waals surface area (Å²) in [6.45, 7) is 6.83. The first kappa shape index (κ1) is 25.3. The monoisotopic (exact) mass is 538 g/mol. The molecule has 0 bridgehead atoms. The number of nitrogens with one attached hydrogen (secondary N) is 1. The molecule has 0 unspecified atom stereocenters.